The van der Waals surface area contributed by atoms with Crippen molar-refractivity contribution in [2.45, 2.75) is 29.7 Å². The molecule has 1 aliphatic rings. The number of nitrogens with zero attached hydrogens (tertiary/aromatic N) is 2. The fourth-order valence-corrected chi connectivity index (χ4v) is 3.71. The summed E-state index contributed by atoms with van der Waals surface area (Å²) in [7, 11) is 0. The van der Waals surface area contributed by atoms with Crippen molar-refractivity contribution >= 4 is 23.5 Å². The van der Waals surface area contributed by atoms with Crippen molar-refractivity contribution in [2.24, 2.45) is 0 Å². The molecule has 1 saturated heterocycles. The van der Waals surface area contributed by atoms with Crippen LogP contribution in [0.2, 0.25) is 0 Å². The first-order chi connectivity index (χ1) is 12.0. The topological polar surface area (TPSA) is 104 Å². The summed E-state index contributed by atoms with van der Waals surface area (Å²) in [4.78, 5) is 28.1. The van der Waals surface area contributed by atoms with Gasteiger partial charge in [-0.05, 0) is 18.2 Å². The molecule has 0 radical (unpaired) electrons. The molecule has 2 heterocycles. The van der Waals surface area contributed by atoms with Crippen molar-refractivity contribution in [2.75, 3.05) is 5.32 Å². The van der Waals surface area contributed by atoms with E-state index in [9.17, 15) is 19.8 Å². The average Bonchev–Trinajstić information content (AvgIpc) is 2.91. The van der Waals surface area contributed by atoms with Gasteiger partial charge >= 0.3 is 5.69 Å². The highest BCUT2D eigenvalue weighted by atomic mass is 32.2. The summed E-state index contributed by atoms with van der Waals surface area (Å²) >= 11 is 1.16. The number of hydrogen-bond acceptors (Lipinski definition) is 6. The van der Waals surface area contributed by atoms with Gasteiger partial charge in [-0.3, -0.25) is 9.36 Å². The van der Waals surface area contributed by atoms with E-state index >= 15 is 0 Å². The monoisotopic (exact) mass is 348 g/mol. The Morgan fingerprint density at radius 1 is 1.29 bits per heavy atom. The SMILES string of the molecule is [2H]C[C@H]1S[C@@H](n2ccc(NC(=O)c3ccccc3)nc2=O)[C@H](O)[C@@H]1O. The number of aliphatic hydroxyl groups excluding tert-OH is 2. The van der Waals surface area contributed by atoms with Crippen molar-refractivity contribution in [3.8, 4) is 0 Å². The number of hydrogen-bond donors (Lipinski definition) is 3. The molecule has 2 aromatic rings. The van der Waals surface area contributed by atoms with Crippen LogP contribution in [0.5, 0.6) is 0 Å². The number of nitrogens with one attached hydrogen (secondary N) is 1. The van der Waals surface area contributed by atoms with Crippen LogP contribution in [-0.2, 0) is 0 Å². The Morgan fingerprint density at radius 2 is 2.04 bits per heavy atom. The van der Waals surface area contributed by atoms with Crippen molar-refractivity contribution in [3.05, 3.63) is 58.6 Å². The van der Waals surface area contributed by atoms with Gasteiger partial charge in [0.15, 0.2) is 0 Å². The molecule has 0 bridgehead atoms. The Kier molecular flexibility index (Phi) is 4.33. The maximum atomic E-state index is 12.2. The Labute approximate surface area is 143 Å². The molecule has 0 aliphatic carbocycles. The van der Waals surface area contributed by atoms with E-state index in [1.54, 1.807) is 30.3 Å². The summed E-state index contributed by atoms with van der Waals surface area (Å²) < 4.78 is 8.58. The third-order valence-corrected chi connectivity index (χ3v) is 5.13. The lowest BCUT2D eigenvalue weighted by Gasteiger charge is -2.17. The summed E-state index contributed by atoms with van der Waals surface area (Å²) in [5, 5.41) is 21.3. The van der Waals surface area contributed by atoms with Gasteiger partial charge in [0.05, 0.1) is 6.10 Å². The molecule has 3 N–H and O–H groups in total. The highest BCUT2D eigenvalue weighted by molar-refractivity contribution is 8.00. The third-order valence-electron chi connectivity index (χ3n) is 3.72. The van der Waals surface area contributed by atoms with Gasteiger partial charge in [0.25, 0.3) is 5.91 Å². The molecule has 4 atom stereocenters. The van der Waals surface area contributed by atoms with Crippen LogP contribution in [0.15, 0.2) is 47.4 Å². The Morgan fingerprint density at radius 3 is 2.67 bits per heavy atom. The van der Waals surface area contributed by atoms with Gasteiger partial charge in [-0.25, -0.2) is 4.79 Å². The number of aromatic nitrogens is 2. The first-order valence-electron chi connectivity index (χ1n) is 7.98. The lowest BCUT2D eigenvalue weighted by atomic mass is 10.1. The van der Waals surface area contributed by atoms with Gasteiger partial charge in [-0.15, -0.1) is 11.8 Å². The lowest BCUT2D eigenvalue weighted by molar-refractivity contribution is 0.0193. The number of amides is 1. The van der Waals surface area contributed by atoms with Gasteiger partial charge in [-0.1, -0.05) is 25.1 Å². The molecular weight excluding hydrogens is 330 g/mol. The van der Waals surface area contributed by atoms with E-state index in [1.165, 1.54) is 16.8 Å². The first kappa shape index (κ1) is 15.4. The standard InChI is InChI=1S/C16H17N3O4S/c1-9-12(20)13(21)15(24-9)19-8-7-11(18-16(19)23)17-14(22)10-5-3-2-4-6-10/h2-9,12-13,15,20-21H,1H3,(H,17,18,22,23)/t9-,12-,13-,15-/m1/s1/i1D. The quantitative estimate of drug-likeness (QED) is 0.760. The Hall–Kier alpha value is -2.16. The second-order valence-corrected chi connectivity index (χ2v) is 6.73. The van der Waals surface area contributed by atoms with E-state index in [0.29, 0.717) is 5.56 Å². The minimum Gasteiger partial charge on any atom is -0.389 e. The molecule has 1 aromatic heterocycles. The average molecular weight is 348 g/mol. The minimum absolute atomic E-state index is 0.0627. The molecule has 3 rings (SSSR count). The Bertz CT molecular complexity index is 817. The second-order valence-electron chi connectivity index (χ2n) is 5.37. The van der Waals surface area contributed by atoms with Gasteiger partial charge in [0.2, 0.25) is 0 Å². The van der Waals surface area contributed by atoms with Crippen molar-refractivity contribution < 1.29 is 16.4 Å². The van der Waals surface area contributed by atoms with Crippen LogP contribution in [0, 0.1) is 0 Å². The van der Waals surface area contributed by atoms with Crippen LogP contribution in [0.4, 0.5) is 5.82 Å². The van der Waals surface area contributed by atoms with Crippen LogP contribution in [0.3, 0.4) is 0 Å². The fourth-order valence-electron chi connectivity index (χ4n) is 2.41. The molecule has 24 heavy (non-hydrogen) atoms. The summed E-state index contributed by atoms with van der Waals surface area (Å²) in [6.07, 6.45) is -0.822. The maximum absolute atomic E-state index is 12.2. The zero-order chi connectivity index (χ0) is 18.0. The molecule has 1 aliphatic heterocycles. The zero-order valence-electron chi connectivity index (χ0n) is 13.6. The predicted octanol–water partition coefficient (Wildman–Crippen LogP) is 0.851. The van der Waals surface area contributed by atoms with Gasteiger partial charge in [-0.2, -0.15) is 4.98 Å². The molecule has 1 fully saturated rings. The normalized spacial score (nSPS) is 26.8. The molecule has 0 saturated carbocycles. The smallest absolute Gasteiger partial charge is 0.350 e. The molecule has 126 valence electrons. The Balaban J connectivity index is 1.78. The zero-order valence-corrected chi connectivity index (χ0v) is 13.4. The number of anilines is 1. The fraction of sp³-hybridized carbons (Fsp3) is 0.312. The van der Waals surface area contributed by atoms with E-state index < -0.39 is 28.5 Å². The number of carbonyl (C=O) groups excluding carboxylic acids is 1. The number of carbonyl (C=O) groups is 1. The summed E-state index contributed by atoms with van der Waals surface area (Å²) in [5.41, 5.74) is -0.211. The van der Waals surface area contributed by atoms with E-state index in [4.69, 9.17) is 1.37 Å². The van der Waals surface area contributed by atoms with Crippen molar-refractivity contribution in [3.63, 3.8) is 0 Å². The molecule has 7 nitrogen and oxygen atoms in total. The van der Waals surface area contributed by atoms with Crippen LogP contribution >= 0.6 is 11.8 Å². The van der Waals surface area contributed by atoms with E-state index in [-0.39, 0.29) is 18.6 Å². The summed E-state index contributed by atoms with van der Waals surface area (Å²) in [6, 6.07) is 9.99. The van der Waals surface area contributed by atoms with Crippen molar-refractivity contribution in [1.82, 2.24) is 9.55 Å². The predicted molar refractivity (Wildman–Crippen MR) is 91.0 cm³/mol. The number of benzene rings is 1. The number of aliphatic hydroxyl groups is 2. The highest BCUT2D eigenvalue weighted by Gasteiger charge is 2.41. The van der Waals surface area contributed by atoms with E-state index in [1.807, 2.05) is 0 Å². The minimum atomic E-state index is -1.16. The summed E-state index contributed by atoms with van der Waals surface area (Å²) in [6.45, 7) is -0.0627. The molecule has 1 amide bonds. The van der Waals surface area contributed by atoms with Gasteiger partial charge in [0, 0.05) is 18.4 Å². The van der Waals surface area contributed by atoms with Crippen LogP contribution < -0.4 is 11.0 Å². The lowest BCUT2D eigenvalue weighted by Crippen LogP contribution is -2.35. The molecular formula is C16H17N3O4S. The second kappa shape index (κ2) is 6.76. The van der Waals surface area contributed by atoms with E-state index in [0.717, 1.165) is 11.8 Å². The molecule has 8 heteroatoms. The summed E-state index contributed by atoms with van der Waals surface area (Å²) in [5.74, 6) is -0.282. The number of rotatable bonds is 3. The van der Waals surface area contributed by atoms with Gasteiger partial charge in [0.1, 0.15) is 17.3 Å². The van der Waals surface area contributed by atoms with E-state index in [2.05, 4.69) is 10.3 Å². The largest absolute Gasteiger partial charge is 0.389 e. The highest BCUT2D eigenvalue weighted by Crippen LogP contribution is 2.40. The molecule has 0 unspecified atom stereocenters. The first-order valence-corrected chi connectivity index (χ1v) is 8.22. The maximum Gasteiger partial charge on any atom is 0.350 e. The van der Waals surface area contributed by atoms with Crippen LogP contribution in [0.25, 0.3) is 0 Å². The number of thioether (sulfide) groups is 1. The van der Waals surface area contributed by atoms with Crippen LogP contribution in [-0.4, -0.2) is 43.1 Å². The van der Waals surface area contributed by atoms with Crippen molar-refractivity contribution in [1.29, 1.82) is 0 Å². The van der Waals surface area contributed by atoms with Crippen LogP contribution in [0.1, 0.15) is 24.0 Å². The molecule has 0 spiro atoms. The third kappa shape index (κ3) is 3.21. The van der Waals surface area contributed by atoms with Gasteiger partial charge < -0.3 is 15.5 Å². The molecule has 1 aromatic carbocycles.